The maximum Gasteiger partial charge on any atom is 0.324 e. The lowest BCUT2D eigenvalue weighted by molar-refractivity contribution is -0.134. The van der Waals surface area contributed by atoms with Crippen LogP contribution in [-0.2, 0) is 4.79 Å². The third-order valence-corrected chi connectivity index (χ3v) is 8.10. The van der Waals surface area contributed by atoms with Crippen molar-refractivity contribution in [1.82, 2.24) is 19.9 Å². The summed E-state index contributed by atoms with van der Waals surface area (Å²) in [5, 5.41) is 3.98. The lowest BCUT2D eigenvalue weighted by Crippen LogP contribution is -2.44. The normalized spacial score (nSPS) is 40.0. The van der Waals surface area contributed by atoms with Crippen LogP contribution in [0.2, 0.25) is 0 Å². The molecule has 5 fully saturated rings. The van der Waals surface area contributed by atoms with Crippen molar-refractivity contribution in [1.29, 1.82) is 0 Å². The van der Waals surface area contributed by atoms with Gasteiger partial charge in [-0.1, -0.05) is 5.16 Å². The highest BCUT2D eigenvalue weighted by molar-refractivity contribution is 5.82. The van der Waals surface area contributed by atoms with Gasteiger partial charge in [-0.05, 0) is 63.2 Å². The first-order chi connectivity index (χ1) is 13.7. The Labute approximate surface area is 166 Å². The SMILES string of the molecule is Cc1noc(N2CC3CC(N4CC5[C@H](C4)[C@H]5C(=O)N4CCCCC4)CC2C3)n1. The van der Waals surface area contributed by atoms with Crippen LogP contribution in [0.25, 0.3) is 0 Å². The number of carbonyl (C=O) groups excluding carboxylic acids is 1. The zero-order chi connectivity index (χ0) is 18.8. The highest BCUT2D eigenvalue weighted by Gasteiger charge is 2.61. The Morgan fingerprint density at radius 3 is 2.46 bits per heavy atom. The zero-order valence-electron chi connectivity index (χ0n) is 16.8. The predicted octanol–water partition coefficient (Wildman–Crippen LogP) is 1.93. The van der Waals surface area contributed by atoms with Gasteiger partial charge in [0.25, 0.3) is 0 Å². The van der Waals surface area contributed by atoms with Crippen LogP contribution in [0.3, 0.4) is 0 Å². The van der Waals surface area contributed by atoms with E-state index in [1.165, 1.54) is 38.5 Å². The number of fused-ring (bicyclic) bond motifs is 3. The van der Waals surface area contributed by atoms with Gasteiger partial charge in [-0.15, -0.1) is 0 Å². The number of amides is 1. The highest BCUT2D eigenvalue weighted by atomic mass is 16.5. The molecule has 1 aromatic heterocycles. The quantitative estimate of drug-likeness (QED) is 0.792. The molecule has 1 amide bonds. The molecule has 4 unspecified atom stereocenters. The van der Waals surface area contributed by atoms with Gasteiger partial charge in [-0.2, -0.15) is 4.98 Å². The largest absolute Gasteiger partial charge is 0.342 e. The third kappa shape index (κ3) is 2.77. The standard InChI is InChI=1S/C21H31N5O2/c1-13-22-21(28-23-13)26-10-14-7-15(9-16(26)8-14)25-11-17-18(12-25)19(17)20(27)24-5-3-2-4-6-24/h14-19H,2-12H2,1H3/t14?,15?,16?,17-,18?,19+/m0/s1. The molecule has 6 atom stereocenters. The van der Waals surface area contributed by atoms with Crippen molar-refractivity contribution in [3.63, 3.8) is 0 Å². The highest BCUT2D eigenvalue weighted by Crippen LogP contribution is 2.54. The first-order valence-corrected chi connectivity index (χ1v) is 11.3. The molecule has 0 N–H and O–H groups in total. The lowest BCUT2D eigenvalue weighted by Gasteiger charge is -2.36. The van der Waals surface area contributed by atoms with E-state index in [1.807, 2.05) is 6.92 Å². The summed E-state index contributed by atoms with van der Waals surface area (Å²) in [5.74, 6) is 3.52. The van der Waals surface area contributed by atoms with E-state index in [0.717, 1.165) is 44.5 Å². The second-order valence-electron chi connectivity index (χ2n) is 9.85. The molecule has 7 nitrogen and oxygen atoms in total. The molecule has 4 heterocycles. The fraction of sp³-hybridized carbons (Fsp3) is 0.857. The molecule has 0 spiro atoms. The van der Waals surface area contributed by atoms with Crippen LogP contribution in [-0.4, -0.2) is 70.7 Å². The van der Waals surface area contributed by atoms with Crippen LogP contribution in [0.5, 0.6) is 0 Å². The van der Waals surface area contributed by atoms with Gasteiger partial charge in [0, 0.05) is 50.7 Å². The first-order valence-electron chi connectivity index (χ1n) is 11.3. The van der Waals surface area contributed by atoms with Crippen molar-refractivity contribution in [2.45, 2.75) is 57.5 Å². The van der Waals surface area contributed by atoms with Gasteiger partial charge in [-0.3, -0.25) is 9.69 Å². The van der Waals surface area contributed by atoms with Gasteiger partial charge in [-0.25, -0.2) is 0 Å². The molecule has 3 aliphatic heterocycles. The van der Waals surface area contributed by atoms with Crippen molar-refractivity contribution in [2.75, 3.05) is 37.6 Å². The number of rotatable bonds is 3. The molecule has 1 aromatic rings. The number of aryl methyl sites for hydroxylation is 1. The molecule has 0 radical (unpaired) electrons. The van der Waals surface area contributed by atoms with Crippen LogP contribution in [0.1, 0.15) is 44.3 Å². The number of carbonyl (C=O) groups is 1. The average Bonchev–Trinajstić information content (AvgIpc) is 3.06. The average molecular weight is 386 g/mol. The summed E-state index contributed by atoms with van der Waals surface area (Å²) in [6, 6.07) is 1.91. The van der Waals surface area contributed by atoms with E-state index in [9.17, 15) is 4.79 Å². The Hall–Kier alpha value is -1.63. The Morgan fingerprint density at radius 2 is 1.75 bits per heavy atom. The molecule has 6 rings (SSSR count). The van der Waals surface area contributed by atoms with E-state index in [-0.39, 0.29) is 0 Å². The monoisotopic (exact) mass is 385 g/mol. The number of nitrogens with zero attached hydrogens (tertiary/aromatic N) is 5. The maximum absolute atomic E-state index is 12.9. The Balaban J connectivity index is 1.06. The summed E-state index contributed by atoms with van der Waals surface area (Å²) in [6.07, 6.45) is 7.42. The van der Waals surface area contributed by atoms with Gasteiger partial charge in [0.1, 0.15) is 0 Å². The van der Waals surface area contributed by atoms with Crippen LogP contribution < -0.4 is 4.90 Å². The van der Waals surface area contributed by atoms with E-state index in [0.29, 0.717) is 41.8 Å². The number of hydrogen-bond donors (Lipinski definition) is 0. The van der Waals surface area contributed by atoms with Crippen LogP contribution >= 0.6 is 0 Å². The minimum atomic E-state index is 0.340. The number of anilines is 1. The van der Waals surface area contributed by atoms with Crippen molar-refractivity contribution in [2.24, 2.45) is 23.7 Å². The van der Waals surface area contributed by atoms with Crippen molar-refractivity contribution in [3.8, 4) is 0 Å². The summed E-state index contributed by atoms with van der Waals surface area (Å²) in [5.41, 5.74) is 0. The summed E-state index contributed by atoms with van der Waals surface area (Å²) >= 11 is 0. The fourth-order valence-electron chi connectivity index (χ4n) is 6.69. The number of likely N-dealkylation sites (tertiary alicyclic amines) is 2. The summed E-state index contributed by atoms with van der Waals surface area (Å²) in [6.45, 7) is 7.21. The third-order valence-electron chi connectivity index (χ3n) is 8.10. The molecule has 0 aromatic carbocycles. The van der Waals surface area contributed by atoms with E-state index in [1.54, 1.807) is 0 Å². The Kier molecular flexibility index (Phi) is 3.97. The van der Waals surface area contributed by atoms with Crippen LogP contribution in [0.4, 0.5) is 6.01 Å². The van der Waals surface area contributed by atoms with E-state index in [2.05, 4.69) is 24.8 Å². The van der Waals surface area contributed by atoms with Crippen molar-refractivity contribution in [3.05, 3.63) is 5.82 Å². The molecular weight excluding hydrogens is 354 g/mol. The van der Waals surface area contributed by atoms with Crippen molar-refractivity contribution >= 4 is 11.9 Å². The predicted molar refractivity (Wildman–Crippen MR) is 104 cm³/mol. The fourth-order valence-corrected chi connectivity index (χ4v) is 6.69. The van der Waals surface area contributed by atoms with Crippen LogP contribution in [0, 0.1) is 30.6 Å². The van der Waals surface area contributed by atoms with Gasteiger partial charge in [0.05, 0.1) is 0 Å². The molecule has 3 saturated heterocycles. The molecule has 2 bridgehead atoms. The molecular formula is C21H31N5O2. The summed E-state index contributed by atoms with van der Waals surface area (Å²) in [4.78, 5) is 24.5. The Bertz CT molecular complexity index is 748. The first kappa shape index (κ1) is 17.2. The van der Waals surface area contributed by atoms with E-state index < -0.39 is 0 Å². The lowest BCUT2D eigenvalue weighted by atomic mass is 9.85. The van der Waals surface area contributed by atoms with Gasteiger partial charge in [0.2, 0.25) is 5.91 Å². The van der Waals surface area contributed by atoms with Gasteiger partial charge in [0.15, 0.2) is 5.82 Å². The molecule has 5 aliphatic rings. The second-order valence-corrected chi connectivity index (χ2v) is 9.85. The molecule has 2 saturated carbocycles. The van der Waals surface area contributed by atoms with E-state index >= 15 is 0 Å². The number of hydrogen-bond acceptors (Lipinski definition) is 6. The molecule has 2 aliphatic carbocycles. The van der Waals surface area contributed by atoms with Gasteiger partial charge < -0.3 is 14.3 Å². The van der Waals surface area contributed by atoms with Crippen LogP contribution in [0.15, 0.2) is 4.52 Å². The minimum absolute atomic E-state index is 0.340. The summed E-state index contributed by atoms with van der Waals surface area (Å²) < 4.78 is 5.45. The topological polar surface area (TPSA) is 65.7 Å². The summed E-state index contributed by atoms with van der Waals surface area (Å²) in [7, 11) is 0. The number of piperidine rings is 2. The number of aromatic nitrogens is 2. The molecule has 28 heavy (non-hydrogen) atoms. The maximum atomic E-state index is 12.9. The smallest absolute Gasteiger partial charge is 0.324 e. The minimum Gasteiger partial charge on any atom is -0.342 e. The molecule has 7 heteroatoms. The Morgan fingerprint density at radius 1 is 1.00 bits per heavy atom. The van der Waals surface area contributed by atoms with Crippen molar-refractivity contribution < 1.29 is 9.32 Å². The zero-order valence-corrected chi connectivity index (χ0v) is 16.8. The molecule has 152 valence electrons. The van der Waals surface area contributed by atoms with Gasteiger partial charge >= 0.3 is 6.01 Å². The van der Waals surface area contributed by atoms with E-state index in [4.69, 9.17) is 4.52 Å². The second kappa shape index (κ2) is 6.44.